The summed E-state index contributed by atoms with van der Waals surface area (Å²) in [7, 11) is 2.85. The molecule has 0 aliphatic heterocycles. The van der Waals surface area contributed by atoms with Gasteiger partial charge >= 0.3 is 12.5 Å². The molecule has 24 heavy (non-hydrogen) atoms. The molecule has 2 rings (SSSR count). The molecule has 0 atom stereocenters. The lowest BCUT2D eigenvalue weighted by Gasteiger charge is -2.23. The largest absolute Gasteiger partial charge is 0.573 e. The maximum atomic E-state index is 13.5. The molecule has 0 spiro atoms. The van der Waals surface area contributed by atoms with Crippen molar-refractivity contribution in [1.29, 1.82) is 0 Å². The Kier molecular flexibility index (Phi) is 4.68. The number of anilines is 1. The van der Waals surface area contributed by atoms with Crippen molar-refractivity contribution in [2.45, 2.75) is 12.5 Å². The van der Waals surface area contributed by atoms with Gasteiger partial charge in [0.1, 0.15) is 5.75 Å². The molecule has 0 unspecified atom stereocenters. The van der Waals surface area contributed by atoms with Crippen LogP contribution in [0, 0.1) is 0 Å². The highest BCUT2D eigenvalue weighted by atomic mass is 19.4. The summed E-state index contributed by atoms with van der Waals surface area (Å²) < 4.78 is 82.1. The van der Waals surface area contributed by atoms with Crippen molar-refractivity contribution >= 4 is 5.69 Å². The summed E-state index contributed by atoms with van der Waals surface area (Å²) in [6, 6.07) is 8.46. The highest BCUT2D eigenvalue weighted by Crippen LogP contribution is 2.45. The zero-order valence-electron chi connectivity index (χ0n) is 12.7. The standard InChI is InChI=1S/C16H13F6NO/c1-23(2)12-8-5-7-11(14(12)15(17,18)19)10-6-3-4-9-13(10)24-16(20,21)22/h3-9H,1-2H3. The first-order chi connectivity index (χ1) is 11.0. The molecular weight excluding hydrogens is 336 g/mol. The van der Waals surface area contributed by atoms with E-state index in [-0.39, 0.29) is 16.8 Å². The monoisotopic (exact) mass is 349 g/mol. The maximum Gasteiger partial charge on any atom is 0.573 e. The average Bonchev–Trinajstić information content (AvgIpc) is 2.44. The van der Waals surface area contributed by atoms with E-state index in [1.54, 1.807) is 0 Å². The molecule has 0 saturated heterocycles. The predicted molar refractivity (Wildman–Crippen MR) is 77.9 cm³/mol. The minimum atomic E-state index is -5.01. The number of hydrogen-bond donors (Lipinski definition) is 0. The molecule has 2 aromatic rings. The number of halogens is 6. The summed E-state index contributed by atoms with van der Waals surface area (Å²) in [6.07, 6.45) is -9.75. The lowest BCUT2D eigenvalue weighted by atomic mass is 9.96. The van der Waals surface area contributed by atoms with Crippen LogP contribution < -0.4 is 9.64 Å². The van der Waals surface area contributed by atoms with Gasteiger partial charge in [0.05, 0.1) is 5.56 Å². The second kappa shape index (κ2) is 6.26. The zero-order valence-corrected chi connectivity index (χ0v) is 12.7. The number of hydrogen-bond acceptors (Lipinski definition) is 2. The molecule has 2 nitrogen and oxygen atoms in total. The summed E-state index contributed by atoms with van der Waals surface area (Å²) in [4.78, 5) is 1.25. The Bertz CT molecular complexity index is 721. The number of para-hydroxylation sites is 1. The first-order valence-electron chi connectivity index (χ1n) is 6.73. The van der Waals surface area contributed by atoms with Gasteiger partial charge in [0.15, 0.2) is 0 Å². The van der Waals surface area contributed by atoms with Gasteiger partial charge in [-0.1, -0.05) is 30.3 Å². The van der Waals surface area contributed by atoms with Gasteiger partial charge in [0, 0.05) is 25.3 Å². The maximum absolute atomic E-state index is 13.5. The molecule has 130 valence electrons. The SMILES string of the molecule is CN(C)c1cccc(-c2ccccc2OC(F)(F)F)c1C(F)(F)F. The molecule has 0 bridgehead atoms. The van der Waals surface area contributed by atoms with Crippen LogP contribution in [0.25, 0.3) is 11.1 Å². The van der Waals surface area contributed by atoms with Gasteiger partial charge in [-0.05, 0) is 17.7 Å². The fourth-order valence-electron chi connectivity index (χ4n) is 2.34. The third kappa shape index (κ3) is 3.93. The van der Waals surface area contributed by atoms with Gasteiger partial charge in [0.2, 0.25) is 0 Å². The van der Waals surface area contributed by atoms with E-state index in [9.17, 15) is 26.3 Å². The summed E-state index contributed by atoms with van der Waals surface area (Å²) in [5.41, 5.74) is -1.84. The van der Waals surface area contributed by atoms with Crippen molar-refractivity contribution < 1.29 is 31.1 Å². The van der Waals surface area contributed by atoms with Crippen molar-refractivity contribution in [3.05, 3.63) is 48.0 Å². The van der Waals surface area contributed by atoms with Crippen LogP contribution in [-0.4, -0.2) is 20.5 Å². The molecule has 0 N–H and O–H groups in total. The summed E-state index contributed by atoms with van der Waals surface area (Å²) in [5, 5.41) is 0. The van der Waals surface area contributed by atoms with Crippen molar-refractivity contribution in [2.75, 3.05) is 19.0 Å². The van der Waals surface area contributed by atoms with Crippen molar-refractivity contribution in [3.8, 4) is 16.9 Å². The molecule has 0 radical (unpaired) electrons. The smallest absolute Gasteiger partial charge is 0.405 e. The third-order valence-corrected chi connectivity index (χ3v) is 3.21. The van der Waals surface area contributed by atoms with E-state index in [2.05, 4.69) is 4.74 Å². The number of rotatable bonds is 3. The number of alkyl halides is 6. The molecular formula is C16H13F6NO. The minimum absolute atomic E-state index is 0.151. The minimum Gasteiger partial charge on any atom is -0.405 e. The van der Waals surface area contributed by atoms with Crippen molar-refractivity contribution in [3.63, 3.8) is 0 Å². The number of nitrogens with zero attached hydrogens (tertiary/aromatic N) is 1. The Labute approximate surface area is 134 Å². The van der Waals surface area contributed by atoms with E-state index in [4.69, 9.17) is 0 Å². The van der Waals surface area contributed by atoms with Crippen LogP contribution in [0.1, 0.15) is 5.56 Å². The first kappa shape index (κ1) is 18.0. The predicted octanol–water partition coefficient (Wildman–Crippen LogP) is 5.34. The fourth-order valence-corrected chi connectivity index (χ4v) is 2.34. The molecule has 2 aromatic carbocycles. The molecule has 8 heteroatoms. The van der Waals surface area contributed by atoms with Crippen molar-refractivity contribution in [2.24, 2.45) is 0 Å². The lowest BCUT2D eigenvalue weighted by Crippen LogP contribution is -2.19. The van der Waals surface area contributed by atoms with Gasteiger partial charge in [-0.3, -0.25) is 0 Å². The quantitative estimate of drug-likeness (QED) is 0.694. The first-order valence-corrected chi connectivity index (χ1v) is 6.73. The van der Waals surface area contributed by atoms with Crippen LogP contribution in [-0.2, 0) is 6.18 Å². The van der Waals surface area contributed by atoms with Gasteiger partial charge in [0.25, 0.3) is 0 Å². The molecule has 0 aliphatic rings. The average molecular weight is 349 g/mol. The van der Waals surface area contributed by atoms with E-state index in [1.807, 2.05) is 0 Å². The fraction of sp³-hybridized carbons (Fsp3) is 0.250. The topological polar surface area (TPSA) is 12.5 Å². The van der Waals surface area contributed by atoms with Gasteiger partial charge in [-0.25, -0.2) is 0 Å². The van der Waals surface area contributed by atoms with E-state index < -0.39 is 23.9 Å². The number of ether oxygens (including phenoxy) is 1. The van der Waals surface area contributed by atoms with E-state index in [0.717, 1.165) is 18.2 Å². The molecule has 0 saturated carbocycles. The third-order valence-electron chi connectivity index (χ3n) is 3.21. The Morgan fingerprint density at radius 2 is 1.38 bits per heavy atom. The summed E-state index contributed by atoms with van der Waals surface area (Å²) in [6.45, 7) is 0. The van der Waals surface area contributed by atoms with Gasteiger partial charge < -0.3 is 9.64 Å². The van der Waals surface area contributed by atoms with Crippen LogP contribution in [0.5, 0.6) is 5.75 Å². The van der Waals surface area contributed by atoms with Crippen LogP contribution in [0.15, 0.2) is 42.5 Å². The molecule has 0 aliphatic carbocycles. The van der Waals surface area contributed by atoms with E-state index in [0.29, 0.717) is 0 Å². The van der Waals surface area contributed by atoms with Crippen LogP contribution in [0.3, 0.4) is 0 Å². The number of benzene rings is 2. The van der Waals surface area contributed by atoms with Crippen LogP contribution in [0.4, 0.5) is 32.0 Å². The normalized spacial score (nSPS) is 12.2. The highest BCUT2D eigenvalue weighted by molar-refractivity contribution is 5.79. The molecule has 0 aromatic heterocycles. The van der Waals surface area contributed by atoms with Gasteiger partial charge in [-0.15, -0.1) is 13.2 Å². The lowest BCUT2D eigenvalue weighted by molar-refractivity contribution is -0.274. The summed E-state index contributed by atoms with van der Waals surface area (Å²) in [5.74, 6) is -0.689. The van der Waals surface area contributed by atoms with Crippen LogP contribution >= 0.6 is 0 Å². The second-order valence-electron chi connectivity index (χ2n) is 5.14. The van der Waals surface area contributed by atoms with E-state index >= 15 is 0 Å². The molecule has 0 amide bonds. The molecule has 0 fully saturated rings. The Morgan fingerprint density at radius 3 is 1.92 bits per heavy atom. The van der Waals surface area contributed by atoms with Crippen molar-refractivity contribution in [1.82, 2.24) is 0 Å². The summed E-state index contributed by atoms with van der Waals surface area (Å²) >= 11 is 0. The Hall–Kier alpha value is -2.38. The highest BCUT2D eigenvalue weighted by Gasteiger charge is 2.38. The Balaban J connectivity index is 2.73. The second-order valence-corrected chi connectivity index (χ2v) is 5.14. The van der Waals surface area contributed by atoms with E-state index in [1.165, 1.54) is 43.3 Å². The van der Waals surface area contributed by atoms with Crippen LogP contribution in [0.2, 0.25) is 0 Å². The molecule has 0 heterocycles. The zero-order chi connectivity index (χ0) is 18.1. The Morgan fingerprint density at radius 1 is 0.792 bits per heavy atom. The van der Waals surface area contributed by atoms with Gasteiger partial charge in [-0.2, -0.15) is 13.2 Å².